The molecule has 102 valence electrons. The lowest BCUT2D eigenvalue weighted by atomic mass is 9.96. The standard InChI is InChI=1S/C14H29NO2/c1-4-10-15(11-5-2)12-9-13(6-3)7-8-14(16)17/h13H,4-12H2,1-3H3,(H,16,17). The second-order valence-electron chi connectivity index (χ2n) is 4.84. The highest BCUT2D eigenvalue weighted by atomic mass is 16.4. The Hall–Kier alpha value is -0.570. The van der Waals surface area contributed by atoms with Gasteiger partial charge in [0.05, 0.1) is 0 Å². The summed E-state index contributed by atoms with van der Waals surface area (Å²) in [5.74, 6) is -0.0928. The van der Waals surface area contributed by atoms with Gasteiger partial charge in [-0.1, -0.05) is 27.2 Å². The average molecular weight is 243 g/mol. The molecule has 0 saturated heterocycles. The predicted molar refractivity (Wildman–Crippen MR) is 72.3 cm³/mol. The smallest absolute Gasteiger partial charge is 0.303 e. The fourth-order valence-corrected chi connectivity index (χ4v) is 2.21. The quantitative estimate of drug-likeness (QED) is 0.604. The van der Waals surface area contributed by atoms with Crippen LogP contribution in [0.1, 0.15) is 59.3 Å². The van der Waals surface area contributed by atoms with Crippen molar-refractivity contribution in [3.63, 3.8) is 0 Å². The Balaban J connectivity index is 3.87. The summed E-state index contributed by atoms with van der Waals surface area (Å²) in [6, 6.07) is 0. The molecule has 0 aromatic heterocycles. The number of carboxylic acid groups (broad SMARTS) is 1. The van der Waals surface area contributed by atoms with Crippen molar-refractivity contribution in [3.8, 4) is 0 Å². The van der Waals surface area contributed by atoms with E-state index in [4.69, 9.17) is 5.11 Å². The van der Waals surface area contributed by atoms with E-state index in [9.17, 15) is 4.79 Å². The van der Waals surface area contributed by atoms with Crippen molar-refractivity contribution in [1.29, 1.82) is 0 Å². The molecule has 0 bridgehead atoms. The molecule has 3 heteroatoms. The van der Waals surface area contributed by atoms with E-state index in [1.54, 1.807) is 0 Å². The van der Waals surface area contributed by atoms with Crippen molar-refractivity contribution in [2.75, 3.05) is 19.6 Å². The summed E-state index contributed by atoms with van der Waals surface area (Å²) < 4.78 is 0. The van der Waals surface area contributed by atoms with Gasteiger partial charge in [-0.15, -0.1) is 0 Å². The summed E-state index contributed by atoms with van der Waals surface area (Å²) in [4.78, 5) is 13.1. The molecule has 0 radical (unpaired) electrons. The molecule has 0 fully saturated rings. The van der Waals surface area contributed by atoms with E-state index in [1.807, 2.05) is 0 Å². The van der Waals surface area contributed by atoms with E-state index in [0.29, 0.717) is 12.3 Å². The lowest BCUT2D eigenvalue weighted by molar-refractivity contribution is -0.137. The monoisotopic (exact) mass is 243 g/mol. The molecule has 0 aromatic rings. The molecule has 0 aliphatic heterocycles. The van der Waals surface area contributed by atoms with E-state index < -0.39 is 5.97 Å². The second kappa shape index (κ2) is 10.6. The molecule has 0 heterocycles. The first-order valence-electron chi connectivity index (χ1n) is 7.08. The highest BCUT2D eigenvalue weighted by molar-refractivity contribution is 5.66. The van der Waals surface area contributed by atoms with Crippen LogP contribution in [0, 0.1) is 5.92 Å². The molecule has 0 aliphatic carbocycles. The van der Waals surface area contributed by atoms with Gasteiger partial charge in [0.25, 0.3) is 0 Å². The van der Waals surface area contributed by atoms with Gasteiger partial charge in [0, 0.05) is 6.42 Å². The van der Waals surface area contributed by atoms with E-state index in [1.165, 1.54) is 25.9 Å². The Morgan fingerprint density at radius 1 is 1.06 bits per heavy atom. The molecule has 3 nitrogen and oxygen atoms in total. The number of carbonyl (C=O) groups is 1. The van der Waals surface area contributed by atoms with E-state index in [0.717, 1.165) is 25.8 Å². The zero-order valence-corrected chi connectivity index (χ0v) is 11.7. The minimum Gasteiger partial charge on any atom is -0.481 e. The summed E-state index contributed by atoms with van der Waals surface area (Å²) in [5, 5.41) is 8.69. The summed E-state index contributed by atoms with van der Waals surface area (Å²) in [6.07, 6.45) is 5.79. The Labute approximate surface area is 106 Å². The lowest BCUT2D eigenvalue weighted by Crippen LogP contribution is -2.28. The number of carboxylic acids is 1. The van der Waals surface area contributed by atoms with Crippen LogP contribution in [0.25, 0.3) is 0 Å². The lowest BCUT2D eigenvalue weighted by Gasteiger charge is -2.23. The van der Waals surface area contributed by atoms with Gasteiger partial charge in [-0.3, -0.25) is 4.79 Å². The number of rotatable bonds is 11. The molecular weight excluding hydrogens is 214 g/mol. The van der Waals surface area contributed by atoms with Gasteiger partial charge in [0.15, 0.2) is 0 Å². The van der Waals surface area contributed by atoms with Crippen molar-refractivity contribution in [3.05, 3.63) is 0 Å². The van der Waals surface area contributed by atoms with Gasteiger partial charge in [-0.2, -0.15) is 0 Å². The number of nitrogens with zero attached hydrogens (tertiary/aromatic N) is 1. The maximum absolute atomic E-state index is 10.6. The second-order valence-corrected chi connectivity index (χ2v) is 4.84. The van der Waals surface area contributed by atoms with Gasteiger partial charge in [0.2, 0.25) is 0 Å². The van der Waals surface area contributed by atoms with Crippen LogP contribution in [0.2, 0.25) is 0 Å². The molecule has 0 aliphatic rings. The maximum Gasteiger partial charge on any atom is 0.303 e. The van der Waals surface area contributed by atoms with Crippen LogP contribution in [-0.4, -0.2) is 35.6 Å². The molecular formula is C14H29NO2. The van der Waals surface area contributed by atoms with E-state index in [2.05, 4.69) is 25.7 Å². The third kappa shape index (κ3) is 9.16. The van der Waals surface area contributed by atoms with Crippen molar-refractivity contribution in [2.24, 2.45) is 5.92 Å². The van der Waals surface area contributed by atoms with Crippen LogP contribution in [-0.2, 0) is 4.79 Å². The molecule has 0 saturated carbocycles. The summed E-state index contributed by atoms with van der Waals surface area (Å²) >= 11 is 0. The SMILES string of the molecule is CCCN(CCC)CCC(CC)CCC(=O)O. The van der Waals surface area contributed by atoms with Crippen LogP contribution in [0.5, 0.6) is 0 Å². The summed E-state index contributed by atoms with van der Waals surface area (Å²) in [5.41, 5.74) is 0. The zero-order valence-electron chi connectivity index (χ0n) is 11.7. The molecule has 0 rings (SSSR count). The van der Waals surface area contributed by atoms with Crippen molar-refractivity contribution >= 4 is 5.97 Å². The first-order valence-corrected chi connectivity index (χ1v) is 7.08. The number of aliphatic carboxylic acids is 1. The minimum absolute atomic E-state index is 0.320. The van der Waals surface area contributed by atoms with Gasteiger partial charge in [-0.05, 0) is 51.2 Å². The van der Waals surface area contributed by atoms with Crippen LogP contribution in [0.15, 0.2) is 0 Å². The molecule has 0 aromatic carbocycles. The van der Waals surface area contributed by atoms with Crippen LogP contribution in [0.3, 0.4) is 0 Å². The maximum atomic E-state index is 10.6. The van der Waals surface area contributed by atoms with Crippen LogP contribution < -0.4 is 0 Å². The largest absolute Gasteiger partial charge is 0.481 e. The highest BCUT2D eigenvalue weighted by Crippen LogP contribution is 2.16. The fraction of sp³-hybridized carbons (Fsp3) is 0.929. The molecule has 0 amide bonds. The summed E-state index contributed by atoms with van der Waals surface area (Å²) in [7, 11) is 0. The van der Waals surface area contributed by atoms with Gasteiger partial charge in [-0.25, -0.2) is 0 Å². The molecule has 1 unspecified atom stereocenters. The summed E-state index contributed by atoms with van der Waals surface area (Å²) in [6.45, 7) is 10.1. The van der Waals surface area contributed by atoms with Crippen molar-refractivity contribution in [2.45, 2.75) is 59.3 Å². The highest BCUT2D eigenvalue weighted by Gasteiger charge is 2.11. The third-order valence-corrected chi connectivity index (χ3v) is 3.28. The first kappa shape index (κ1) is 16.4. The molecule has 1 atom stereocenters. The minimum atomic E-state index is -0.664. The third-order valence-electron chi connectivity index (χ3n) is 3.28. The molecule has 0 spiro atoms. The zero-order chi connectivity index (χ0) is 13.1. The van der Waals surface area contributed by atoms with Crippen LogP contribution in [0.4, 0.5) is 0 Å². The van der Waals surface area contributed by atoms with Crippen molar-refractivity contribution < 1.29 is 9.90 Å². The van der Waals surface area contributed by atoms with Gasteiger partial charge in [0.1, 0.15) is 0 Å². The van der Waals surface area contributed by atoms with Crippen LogP contribution >= 0.6 is 0 Å². The van der Waals surface area contributed by atoms with Gasteiger partial charge < -0.3 is 10.0 Å². The Bertz CT molecular complexity index is 189. The van der Waals surface area contributed by atoms with Gasteiger partial charge >= 0.3 is 5.97 Å². The van der Waals surface area contributed by atoms with E-state index >= 15 is 0 Å². The Morgan fingerprint density at radius 3 is 2.06 bits per heavy atom. The van der Waals surface area contributed by atoms with E-state index in [-0.39, 0.29) is 0 Å². The normalized spacial score (nSPS) is 12.9. The topological polar surface area (TPSA) is 40.5 Å². The number of hydrogen-bond acceptors (Lipinski definition) is 2. The predicted octanol–water partition coefficient (Wildman–Crippen LogP) is 3.39. The first-order chi connectivity index (χ1) is 8.13. The fourth-order valence-electron chi connectivity index (χ4n) is 2.21. The Kier molecular flexibility index (Phi) is 10.2. The van der Waals surface area contributed by atoms with Crippen molar-refractivity contribution in [1.82, 2.24) is 4.90 Å². The average Bonchev–Trinajstić information content (AvgIpc) is 2.29. The molecule has 17 heavy (non-hydrogen) atoms. The Morgan fingerprint density at radius 2 is 1.65 bits per heavy atom. The molecule has 1 N–H and O–H groups in total. The number of hydrogen-bond donors (Lipinski definition) is 1.